The van der Waals surface area contributed by atoms with Gasteiger partial charge >= 0.3 is 0 Å². The van der Waals surface area contributed by atoms with Crippen molar-refractivity contribution in [1.82, 2.24) is 10.2 Å². The summed E-state index contributed by atoms with van der Waals surface area (Å²) in [7, 11) is -3.85. The molecule has 0 saturated carbocycles. The van der Waals surface area contributed by atoms with E-state index in [1.54, 1.807) is 44.2 Å². The van der Waals surface area contributed by atoms with Crippen LogP contribution in [0.4, 0.5) is 5.69 Å². The third-order valence-electron chi connectivity index (χ3n) is 5.30. The minimum atomic E-state index is -3.85. The summed E-state index contributed by atoms with van der Waals surface area (Å²) in [6.07, 6.45) is 1.32. The largest absolute Gasteiger partial charge is 0.352 e. The molecule has 0 fully saturated rings. The second-order valence-electron chi connectivity index (χ2n) is 8.55. The molecule has 0 aliphatic carbocycles. The maximum atomic E-state index is 13.6. The molecule has 11 heteroatoms. The van der Waals surface area contributed by atoms with Crippen molar-refractivity contribution in [2.45, 2.75) is 52.7 Å². The summed E-state index contributed by atoms with van der Waals surface area (Å²) in [5.41, 5.74) is 1.59. The Morgan fingerprint density at radius 1 is 1.03 bits per heavy atom. The Balaban J connectivity index is 2.50. The number of anilines is 1. The van der Waals surface area contributed by atoms with Crippen molar-refractivity contribution >= 4 is 62.3 Å². The van der Waals surface area contributed by atoms with Gasteiger partial charge in [0.25, 0.3) is 0 Å². The predicted molar refractivity (Wildman–Crippen MR) is 143 cm³/mol. The Morgan fingerprint density at radius 2 is 1.69 bits per heavy atom. The molecule has 192 valence electrons. The molecular formula is C24H30Cl3N3O4S. The van der Waals surface area contributed by atoms with Crippen molar-refractivity contribution in [3.05, 3.63) is 62.6 Å². The summed E-state index contributed by atoms with van der Waals surface area (Å²) in [4.78, 5) is 28.0. The van der Waals surface area contributed by atoms with Gasteiger partial charge in [-0.25, -0.2) is 8.42 Å². The van der Waals surface area contributed by atoms with Gasteiger partial charge < -0.3 is 10.2 Å². The maximum absolute atomic E-state index is 13.6. The van der Waals surface area contributed by atoms with E-state index >= 15 is 0 Å². The van der Waals surface area contributed by atoms with E-state index in [0.29, 0.717) is 27.1 Å². The van der Waals surface area contributed by atoms with Crippen molar-refractivity contribution < 1.29 is 18.0 Å². The molecule has 0 aromatic heterocycles. The number of sulfonamides is 1. The van der Waals surface area contributed by atoms with Crippen LogP contribution in [0.1, 0.15) is 38.3 Å². The van der Waals surface area contributed by atoms with Gasteiger partial charge in [-0.05, 0) is 62.6 Å². The Hall–Kier alpha value is -2.00. The lowest BCUT2D eigenvalue weighted by Crippen LogP contribution is -2.53. The SMILES string of the molecule is CCC(C(=O)NC(C)C)N(Cc1ccc(Cl)cc1Cl)C(=O)CN(c1ccc(C)c(Cl)c1)S(C)(=O)=O. The first-order valence-electron chi connectivity index (χ1n) is 11.0. The van der Waals surface area contributed by atoms with E-state index in [0.717, 1.165) is 16.1 Å². The third-order valence-corrected chi connectivity index (χ3v) is 7.43. The van der Waals surface area contributed by atoms with Crippen molar-refractivity contribution in [3.8, 4) is 0 Å². The third kappa shape index (κ3) is 8.00. The average Bonchev–Trinajstić information content (AvgIpc) is 2.74. The predicted octanol–water partition coefficient (Wildman–Crippen LogP) is 5.05. The van der Waals surface area contributed by atoms with Crippen LogP contribution in [-0.2, 0) is 26.2 Å². The Kier molecular flexibility index (Phi) is 10.3. The molecular weight excluding hydrogens is 533 g/mol. The molecule has 0 heterocycles. The van der Waals surface area contributed by atoms with Crippen molar-refractivity contribution in [3.63, 3.8) is 0 Å². The minimum absolute atomic E-state index is 0.00882. The summed E-state index contributed by atoms with van der Waals surface area (Å²) in [6, 6.07) is 8.62. The second-order valence-corrected chi connectivity index (χ2v) is 11.7. The number of nitrogens with zero attached hydrogens (tertiary/aromatic N) is 2. The summed E-state index contributed by atoms with van der Waals surface area (Å²) in [5.74, 6) is -0.908. The molecule has 1 N–H and O–H groups in total. The fourth-order valence-electron chi connectivity index (χ4n) is 3.48. The molecule has 7 nitrogen and oxygen atoms in total. The fraction of sp³-hybridized carbons (Fsp3) is 0.417. The van der Waals surface area contributed by atoms with Crippen LogP contribution >= 0.6 is 34.8 Å². The Labute approximate surface area is 222 Å². The zero-order valence-electron chi connectivity index (χ0n) is 20.3. The van der Waals surface area contributed by atoms with Gasteiger partial charge in [0, 0.05) is 27.7 Å². The number of aryl methyl sites for hydroxylation is 1. The smallest absolute Gasteiger partial charge is 0.244 e. The molecule has 0 aliphatic heterocycles. The van der Waals surface area contributed by atoms with Crippen LogP contribution in [0.2, 0.25) is 15.1 Å². The van der Waals surface area contributed by atoms with Crippen LogP contribution in [-0.4, -0.2) is 50.0 Å². The lowest BCUT2D eigenvalue weighted by atomic mass is 10.1. The first-order chi connectivity index (χ1) is 16.2. The zero-order chi connectivity index (χ0) is 26.5. The minimum Gasteiger partial charge on any atom is -0.352 e. The molecule has 1 unspecified atom stereocenters. The highest BCUT2D eigenvalue weighted by molar-refractivity contribution is 7.92. The van der Waals surface area contributed by atoms with Gasteiger partial charge in [0.15, 0.2) is 0 Å². The van der Waals surface area contributed by atoms with Crippen molar-refractivity contribution in [1.29, 1.82) is 0 Å². The van der Waals surface area contributed by atoms with E-state index in [2.05, 4.69) is 5.32 Å². The normalized spacial score (nSPS) is 12.4. The number of carbonyl (C=O) groups excluding carboxylic acids is 2. The molecule has 0 aliphatic rings. The number of rotatable bonds is 10. The number of hydrogen-bond acceptors (Lipinski definition) is 4. The fourth-order valence-corrected chi connectivity index (χ4v) is 4.97. The lowest BCUT2D eigenvalue weighted by molar-refractivity contribution is -0.140. The van der Waals surface area contributed by atoms with Crippen molar-refractivity contribution in [2.75, 3.05) is 17.1 Å². The van der Waals surface area contributed by atoms with Gasteiger partial charge in [0.1, 0.15) is 12.6 Å². The van der Waals surface area contributed by atoms with Crippen LogP contribution in [0.15, 0.2) is 36.4 Å². The van der Waals surface area contributed by atoms with E-state index in [1.165, 1.54) is 11.0 Å². The number of halogens is 3. The van der Waals surface area contributed by atoms with E-state index in [-0.39, 0.29) is 24.2 Å². The molecule has 35 heavy (non-hydrogen) atoms. The van der Waals surface area contributed by atoms with Crippen molar-refractivity contribution in [2.24, 2.45) is 0 Å². The molecule has 2 amide bonds. The first kappa shape index (κ1) is 29.2. The molecule has 0 radical (unpaired) electrons. The van der Waals surface area contributed by atoms with Crippen LogP contribution in [0.5, 0.6) is 0 Å². The van der Waals surface area contributed by atoms with Gasteiger partial charge in [0.05, 0.1) is 11.9 Å². The molecule has 0 bridgehead atoms. The summed E-state index contributed by atoms with van der Waals surface area (Å²) < 4.78 is 26.3. The number of carbonyl (C=O) groups is 2. The highest BCUT2D eigenvalue weighted by atomic mass is 35.5. The topological polar surface area (TPSA) is 86.8 Å². The van der Waals surface area contributed by atoms with Gasteiger partial charge in [-0.15, -0.1) is 0 Å². The van der Waals surface area contributed by atoms with E-state index in [4.69, 9.17) is 34.8 Å². The summed E-state index contributed by atoms with van der Waals surface area (Å²) in [5, 5.41) is 3.97. The van der Waals surface area contributed by atoms with Crippen LogP contribution in [0, 0.1) is 6.92 Å². The van der Waals surface area contributed by atoms with Gasteiger partial charge in [-0.3, -0.25) is 13.9 Å². The number of benzene rings is 2. The molecule has 0 spiro atoms. The number of amides is 2. The van der Waals surface area contributed by atoms with E-state index in [1.807, 2.05) is 13.8 Å². The standard InChI is InChI=1S/C24H30Cl3N3O4S/c1-6-22(24(32)28-15(2)3)29(13-17-8-9-18(25)11-21(17)27)23(31)14-30(35(5,33)34)19-10-7-16(4)20(26)12-19/h7-12,15,22H,6,13-14H2,1-5H3,(H,28,32). The Bertz CT molecular complexity index is 1190. The van der Waals surface area contributed by atoms with E-state index in [9.17, 15) is 18.0 Å². The molecule has 1 atom stereocenters. The quantitative estimate of drug-likeness (QED) is 0.439. The highest BCUT2D eigenvalue weighted by Crippen LogP contribution is 2.27. The second kappa shape index (κ2) is 12.3. The van der Waals surface area contributed by atoms with Gasteiger partial charge in [-0.1, -0.05) is 53.9 Å². The van der Waals surface area contributed by atoms with E-state index < -0.39 is 28.5 Å². The summed E-state index contributed by atoms with van der Waals surface area (Å²) in [6.45, 7) is 6.68. The number of hydrogen-bond donors (Lipinski definition) is 1. The maximum Gasteiger partial charge on any atom is 0.244 e. The average molecular weight is 563 g/mol. The highest BCUT2D eigenvalue weighted by Gasteiger charge is 2.32. The van der Waals surface area contributed by atoms with Crippen LogP contribution in [0.3, 0.4) is 0 Å². The van der Waals surface area contributed by atoms with Gasteiger partial charge in [0.2, 0.25) is 21.8 Å². The molecule has 2 aromatic rings. The van der Waals surface area contributed by atoms with Crippen LogP contribution in [0.25, 0.3) is 0 Å². The Morgan fingerprint density at radius 3 is 2.20 bits per heavy atom. The zero-order valence-corrected chi connectivity index (χ0v) is 23.4. The van der Waals surface area contributed by atoms with Crippen LogP contribution < -0.4 is 9.62 Å². The van der Waals surface area contributed by atoms with Gasteiger partial charge in [-0.2, -0.15) is 0 Å². The number of nitrogens with one attached hydrogen (secondary N) is 1. The summed E-state index contributed by atoms with van der Waals surface area (Å²) >= 11 is 18.6. The molecule has 2 rings (SSSR count). The molecule has 2 aromatic carbocycles. The lowest BCUT2D eigenvalue weighted by Gasteiger charge is -2.33. The monoisotopic (exact) mass is 561 g/mol. The molecule has 0 saturated heterocycles. The first-order valence-corrected chi connectivity index (χ1v) is 14.0.